The highest BCUT2D eigenvalue weighted by molar-refractivity contribution is 6.31. The third-order valence-corrected chi connectivity index (χ3v) is 2.85. The topological polar surface area (TPSA) is 29.1 Å². The summed E-state index contributed by atoms with van der Waals surface area (Å²) in [6.07, 6.45) is 1.45. The molecule has 1 N–H and O–H groups in total. The Morgan fingerprint density at radius 2 is 2.29 bits per heavy atom. The van der Waals surface area contributed by atoms with Crippen molar-refractivity contribution < 1.29 is 4.79 Å². The second-order valence-electron chi connectivity index (χ2n) is 3.68. The number of amides is 1. The van der Waals surface area contributed by atoms with Crippen LogP contribution < -0.4 is 5.32 Å². The number of hydrogen-bond donors (Lipinski definition) is 1. The summed E-state index contributed by atoms with van der Waals surface area (Å²) in [5.41, 5.74) is 2.17. The fourth-order valence-corrected chi connectivity index (χ4v) is 2.13. The van der Waals surface area contributed by atoms with Gasteiger partial charge in [-0.25, -0.2) is 0 Å². The van der Waals surface area contributed by atoms with Gasteiger partial charge in [0.15, 0.2) is 0 Å². The Labute approximate surface area is 88.3 Å². The summed E-state index contributed by atoms with van der Waals surface area (Å²) in [6, 6.07) is 6.05. The monoisotopic (exact) mass is 209 g/mol. The van der Waals surface area contributed by atoms with Crippen molar-refractivity contribution in [1.82, 2.24) is 5.32 Å². The van der Waals surface area contributed by atoms with Gasteiger partial charge in [-0.05, 0) is 30.5 Å². The van der Waals surface area contributed by atoms with E-state index in [0.29, 0.717) is 6.42 Å². The lowest BCUT2D eigenvalue weighted by Gasteiger charge is -2.12. The molecule has 0 unspecified atom stereocenters. The minimum absolute atomic E-state index is 0.107. The van der Waals surface area contributed by atoms with Crippen LogP contribution in [0.15, 0.2) is 18.2 Å². The van der Waals surface area contributed by atoms with E-state index in [0.717, 1.165) is 22.6 Å². The van der Waals surface area contributed by atoms with Gasteiger partial charge in [-0.1, -0.05) is 23.7 Å². The lowest BCUT2D eigenvalue weighted by Crippen LogP contribution is -2.18. The first-order chi connectivity index (χ1) is 6.66. The number of aryl methyl sites for hydroxylation is 1. The van der Waals surface area contributed by atoms with E-state index in [-0.39, 0.29) is 11.9 Å². The van der Waals surface area contributed by atoms with Crippen molar-refractivity contribution in [2.75, 3.05) is 0 Å². The zero-order valence-corrected chi connectivity index (χ0v) is 8.77. The Bertz CT molecular complexity index is 376. The molecule has 14 heavy (non-hydrogen) atoms. The Morgan fingerprint density at radius 1 is 1.50 bits per heavy atom. The summed E-state index contributed by atoms with van der Waals surface area (Å²) in [7, 11) is 0. The molecule has 0 radical (unpaired) electrons. The van der Waals surface area contributed by atoms with Crippen LogP contribution in [0.25, 0.3) is 0 Å². The molecule has 2 rings (SSSR count). The van der Waals surface area contributed by atoms with Gasteiger partial charge in [0, 0.05) is 11.4 Å². The van der Waals surface area contributed by atoms with Gasteiger partial charge < -0.3 is 5.32 Å². The Morgan fingerprint density at radius 3 is 2.86 bits per heavy atom. The molecule has 1 aliphatic heterocycles. The van der Waals surface area contributed by atoms with Crippen molar-refractivity contribution in [1.29, 1.82) is 0 Å². The minimum Gasteiger partial charge on any atom is -0.349 e. The Hall–Kier alpha value is -1.02. The zero-order chi connectivity index (χ0) is 10.1. The maximum atomic E-state index is 11.1. The van der Waals surface area contributed by atoms with E-state index >= 15 is 0 Å². The average molecular weight is 210 g/mol. The first-order valence-corrected chi connectivity index (χ1v) is 5.10. The molecule has 74 valence electrons. The van der Waals surface area contributed by atoms with E-state index in [4.69, 9.17) is 11.6 Å². The number of nitrogens with one attached hydrogen (secondary N) is 1. The third-order valence-electron chi connectivity index (χ3n) is 2.53. The molecule has 1 saturated heterocycles. The van der Waals surface area contributed by atoms with Crippen LogP contribution in [0.2, 0.25) is 5.02 Å². The highest BCUT2D eigenvalue weighted by atomic mass is 35.5. The summed E-state index contributed by atoms with van der Waals surface area (Å²) in [5.74, 6) is 0.117. The van der Waals surface area contributed by atoms with Crippen molar-refractivity contribution >= 4 is 17.5 Å². The Balaban J connectivity index is 2.28. The zero-order valence-electron chi connectivity index (χ0n) is 8.01. The van der Waals surface area contributed by atoms with Crippen LogP contribution in [0.5, 0.6) is 0 Å². The van der Waals surface area contributed by atoms with Crippen molar-refractivity contribution in [3.05, 3.63) is 34.3 Å². The van der Waals surface area contributed by atoms with Crippen LogP contribution >= 0.6 is 11.6 Å². The van der Waals surface area contributed by atoms with Gasteiger partial charge in [-0.2, -0.15) is 0 Å². The number of halogens is 1. The van der Waals surface area contributed by atoms with Crippen molar-refractivity contribution in [3.63, 3.8) is 0 Å². The van der Waals surface area contributed by atoms with Crippen molar-refractivity contribution in [3.8, 4) is 0 Å². The number of hydrogen-bond acceptors (Lipinski definition) is 1. The highest BCUT2D eigenvalue weighted by Crippen LogP contribution is 2.29. The van der Waals surface area contributed by atoms with E-state index in [9.17, 15) is 4.79 Å². The molecule has 1 heterocycles. The molecule has 0 bridgehead atoms. The third kappa shape index (κ3) is 1.75. The molecule has 1 aromatic rings. The molecule has 1 atom stereocenters. The van der Waals surface area contributed by atoms with Crippen LogP contribution in [0.3, 0.4) is 0 Å². The van der Waals surface area contributed by atoms with Gasteiger partial charge in [0.1, 0.15) is 0 Å². The van der Waals surface area contributed by atoms with Crippen LogP contribution in [-0.2, 0) is 4.79 Å². The molecule has 0 aromatic heterocycles. The van der Waals surface area contributed by atoms with Gasteiger partial charge >= 0.3 is 0 Å². The van der Waals surface area contributed by atoms with E-state index in [1.54, 1.807) is 0 Å². The van der Waals surface area contributed by atoms with Gasteiger partial charge in [0.2, 0.25) is 5.91 Å². The first-order valence-electron chi connectivity index (χ1n) is 4.72. The fraction of sp³-hybridized carbons (Fsp3) is 0.364. The number of benzene rings is 1. The molecule has 1 amide bonds. The summed E-state index contributed by atoms with van der Waals surface area (Å²) in [5, 5.41) is 3.65. The van der Waals surface area contributed by atoms with Crippen molar-refractivity contribution in [2.45, 2.75) is 25.8 Å². The van der Waals surface area contributed by atoms with Gasteiger partial charge in [0.25, 0.3) is 0 Å². The number of rotatable bonds is 1. The van der Waals surface area contributed by atoms with E-state index < -0.39 is 0 Å². The first kappa shape index (κ1) is 9.53. The predicted octanol–water partition coefficient (Wildman–Crippen LogP) is 2.60. The molecule has 1 aromatic carbocycles. The highest BCUT2D eigenvalue weighted by Gasteiger charge is 2.23. The molecule has 1 aliphatic rings. The molecular weight excluding hydrogens is 198 g/mol. The largest absolute Gasteiger partial charge is 0.349 e. The maximum absolute atomic E-state index is 11.1. The normalized spacial score (nSPS) is 21.0. The summed E-state index contributed by atoms with van der Waals surface area (Å²) in [6.45, 7) is 2.00. The molecule has 1 fully saturated rings. The summed E-state index contributed by atoms with van der Waals surface area (Å²) in [4.78, 5) is 11.1. The van der Waals surface area contributed by atoms with Crippen LogP contribution in [0.1, 0.15) is 30.0 Å². The lowest BCUT2D eigenvalue weighted by molar-refractivity contribution is -0.119. The van der Waals surface area contributed by atoms with Crippen molar-refractivity contribution in [2.24, 2.45) is 0 Å². The number of carbonyl (C=O) groups excluding carboxylic acids is 1. The predicted molar refractivity (Wildman–Crippen MR) is 56.3 cm³/mol. The maximum Gasteiger partial charge on any atom is 0.220 e. The number of carbonyl (C=O) groups is 1. The quantitative estimate of drug-likeness (QED) is 0.757. The summed E-state index contributed by atoms with van der Waals surface area (Å²) >= 11 is 6.11. The van der Waals surface area contributed by atoms with Crippen LogP contribution in [0.4, 0.5) is 0 Å². The van der Waals surface area contributed by atoms with E-state index in [1.165, 1.54) is 0 Å². The van der Waals surface area contributed by atoms with Gasteiger partial charge in [-0.15, -0.1) is 0 Å². The second-order valence-corrected chi connectivity index (χ2v) is 4.09. The standard InChI is InChI=1S/C11H12ClNO/c1-7-2-3-8(9(12)6-7)10-4-5-11(14)13-10/h2-3,6,10H,4-5H2,1H3,(H,13,14)/t10-/m1/s1. The van der Waals surface area contributed by atoms with E-state index in [2.05, 4.69) is 5.32 Å². The Kier molecular flexibility index (Phi) is 2.46. The molecular formula is C11H12ClNO. The SMILES string of the molecule is Cc1ccc([C@H]2CCC(=O)N2)c(Cl)c1. The average Bonchev–Trinajstić information content (AvgIpc) is 2.51. The van der Waals surface area contributed by atoms with Crippen LogP contribution in [0, 0.1) is 6.92 Å². The fourth-order valence-electron chi connectivity index (χ4n) is 1.76. The van der Waals surface area contributed by atoms with Gasteiger partial charge in [-0.3, -0.25) is 4.79 Å². The molecule has 0 aliphatic carbocycles. The second kappa shape index (κ2) is 3.62. The summed E-state index contributed by atoms with van der Waals surface area (Å²) < 4.78 is 0. The molecule has 2 nitrogen and oxygen atoms in total. The lowest BCUT2D eigenvalue weighted by atomic mass is 10.0. The smallest absolute Gasteiger partial charge is 0.220 e. The van der Waals surface area contributed by atoms with Crippen LogP contribution in [-0.4, -0.2) is 5.91 Å². The molecule has 0 spiro atoms. The minimum atomic E-state index is 0.107. The van der Waals surface area contributed by atoms with E-state index in [1.807, 2.05) is 25.1 Å². The molecule has 3 heteroatoms. The van der Waals surface area contributed by atoms with Gasteiger partial charge in [0.05, 0.1) is 6.04 Å². The molecule has 0 saturated carbocycles.